The standard InChI is InChI=1S/C24H24O4/c1-3-4-8-17-22(25)20-12-16(24(26)27)9-10-21(20)28-23(17)19-13-18(19)15-7-5-6-14(2)11-15/h5-7,9-12,18-19H,3-4,8,13H2,1-2H3,(H,26,27). The number of carboxylic acid groups (broad SMARTS) is 1. The minimum atomic E-state index is -1.04. The molecule has 0 spiro atoms. The summed E-state index contributed by atoms with van der Waals surface area (Å²) in [4.78, 5) is 24.5. The van der Waals surface area contributed by atoms with E-state index in [1.165, 1.54) is 23.3 Å². The zero-order chi connectivity index (χ0) is 19.8. The smallest absolute Gasteiger partial charge is 0.335 e. The fourth-order valence-corrected chi connectivity index (χ4v) is 4.03. The fraction of sp³-hybridized carbons (Fsp3) is 0.333. The van der Waals surface area contributed by atoms with E-state index < -0.39 is 5.97 Å². The van der Waals surface area contributed by atoms with Gasteiger partial charge in [-0.3, -0.25) is 4.79 Å². The third kappa shape index (κ3) is 3.35. The molecule has 1 fully saturated rings. The van der Waals surface area contributed by atoms with E-state index in [2.05, 4.69) is 38.1 Å². The van der Waals surface area contributed by atoms with Crippen molar-refractivity contribution in [3.05, 3.63) is 80.7 Å². The molecule has 0 saturated heterocycles. The lowest BCUT2D eigenvalue weighted by atomic mass is 9.99. The molecule has 2 unspecified atom stereocenters. The Balaban J connectivity index is 1.80. The molecule has 0 radical (unpaired) electrons. The molecule has 1 aromatic heterocycles. The maximum atomic E-state index is 13.2. The fourth-order valence-electron chi connectivity index (χ4n) is 4.03. The van der Waals surface area contributed by atoms with E-state index in [1.807, 2.05) is 0 Å². The van der Waals surface area contributed by atoms with Crippen LogP contribution in [0, 0.1) is 6.92 Å². The zero-order valence-electron chi connectivity index (χ0n) is 16.2. The number of hydrogen-bond donors (Lipinski definition) is 1. The second-order valence-corrected chi connectivity index (χ2v) is 7.76. The summed E-state index contributed by atoms with van der Waals surface area (Å²) in [5.41, 5.74) is 3.74. The highest BCUT2D eigenvalue weighted by atomic mass is 16.4. The summed E-state index contributed by atoms with van der Waals surface area (Å²) in [6.45, 7) is 4.18. The highest BCUT2D eigenvalue weighted by Crippen LogP contribution is 2.55. The number of aryl methyl sites for hydroxylation is 1. The Hall–Kier alpha value is -2.88. The quantitative estimate of drug-likeness (QED) is 0.624. The first-order valence-electron chi connectivity index (χ1n) is 9.89. The van der Waals surface area contributed by atoms with Crippen molar-refractivity contribution in [2.45, 2.75) is 51.4 Å². The molecule has 1 heterocycles. The Morgan fingerprint density at radius 1 is 1.18 bits per heavy atom. The average Bonchev–Trinajstić information content (AvgIpc) is 3.47. The first kappa shape index (κ1) is 18.5. The van der Waals surface area contributed by atoms with Crippen molar-refractivity contribution in [1.82, 2.24) is 0 Å². The molecule has 2 atom stereocenters. The minimum absolute atomic E-state index is 0.0808. The third-order valence-electron chi connectivity index (χ3n) is 5.64. The Kier molecular flexibility index (Phi) is 4.80. The second-order valence-electron chi connectivity index (χ2n) is 7.76. The van der Waals surface area contributed by atoms with Crippen LogP contribution in [0.4, 0.5) is 0 Å². The molecule has 28 heavy (non-hydrogen) atoms. The summed E-state index contributed by atoms with van der Waals surface area (Å²) in [5, 5.41) is 9.61. The number of rotatable bonds is 6. The summed E-state index contributed by atoms with van der Waals surface area (Å²) in [6.07, 6.45) is 3.53. The Labute approximate surface area is 163 Å². The van der Waals surface area contributed by atoms with Crippen molar-refractivity contribution in [3.63, 3.8) is 0 Å². The number of fused-ring (bicyclic) bond motifs is 1. The Bertz CT molecular complexity index is 1110. The van der Waals surface area contributed by atoms with Gasteiger partial charge in [-0.25, -0.2) is 4.79 Å². The number of aromatic carboxylic acids is 1. The molecule has 144 valence electrons. The number of carbonyl (C=O) groups is 1. The molecule has 0 amide bonds. The van der Waals surface area contributed by atoms with Gasteiger partial charge in [0.05, 0.1) is 10.9 Å². The summed E-state index contributed by atoms with van der Waals surface area (Å²) in [5.74, 6) is 0.340. The van der Waals surface area contributed by atoms with Crippen molar-refractivity contribution in [3.8, 4) is 0 Å². The van der Waals surface area contributed by atoms with E-state index in [4.69, 9.17) is 4.42 Å². The predicted molar refractivity (Wildman–Crippen MR) is 109 cm³/mol. The van der Waals surface area contributed by atoms with E-state index in [9.17, 15) is 14.7 Å². The van der Waals surface area contributed by atoms with Crippen LogP contribution in [-0.2, 0) is 6.42 Å². The SMILES string of the molecule is CCCCc1c(C2CC2c2cccc(C)c2)oc2ccc(C(=O)O)cc2c1=O. The van der Waals surface area contributed by atoms with Gasteiger partial charge in [-0.05, 0) is 55.9 Å². The molecule has 2 aromatic carbocycles. The first-order valence-corrected chi connectivity index (χ1v) is 9.89. The summed E-state index contributed by atoms with van der Waals surface area (Å²) < 4.78 is 6.22. The Morgan fingerprint density at radius 3 is 2.71 bits per heavy atom. The third-order valence-corrected chi connectivity index (χ3v) is 5.64. The van der Waals surface area contributed by atoms with Gasteiger partial charge >= 0.3 is 5.97 Å². The van der Waals surface area contributed by atoms with Crippen LogP contribution in [-0.4, -0.2) is 11.1 Å². The summed E-state index contributed by atoms with van der Waals surface area (Å²) >= 11 is 0. The van der Waals surface area contributed by atoms with Crippen molar-refractivity contribution < 1.29 is 14.3 Å². The first-order chi connectivity index (χ1) is 13.5. The van der Waals surface area contributed by atoms with Crippen LogP contribution in [0.5, 0.6) is 0 Å². The van der Waals surface area contributed by atoms with Gasteiger partial charge in [0.15, 0.2) is 5.43 Å². The molecule has 1 aliphatic carbocycles. The van der Waals surface area contributed by atoms with Gasteiger partial charge in [0.25, 0.3) is 0 Å². The van der Waals surface area contributed by atoms with Crippen LogP contribution >= 0.6 is 0 Å². The molecule has 4 nitrogen and oxygen atoms in total. The number of carboxylic acids is 1. The maximum Gasteiger partial charge on any atom is 0.335 e. The van der Waals surface area contributed by atoms with Crippen LogP contribution in [0.15, 0.2) is 51.7 Å². The highest BCUT2D eigenvalue weighted by molar-refractivity contribution is 5.92. The van der Waals surface area contributed by atoms with Gasteiger partial charge < -0.3 is 9.52 Å². The minimum Gasteiger partial charge on any atom is -0.478 e. The molecule has 0 aliphatic heterocycles. The Morgan fingerprint density at radius 2 is 2.00 bits per heavy atom. The van der Waals surface area contributed by atoms with E-state index in [-0.39, 0.29) is 16.9 Å². The topological polar surface area (TPSA) is 67.5 Å². The van der Waals surface area contributed by atoms with E-state index in [0.717, 1.165) is 30.6 Å². The van der Waals surface area contributed by atoms with Gasteiger partial charge in [0.2, 0.25) is 0 Å². The molecule has 1 saturated carbocycles. The van der Waals surface area contributed by atoms with E-state index >= 15 is 0 Å². The number of benzene rings is 2. The van der Waals surface area contributed by atoms with Crippen molar-refractivity contribution >= 4 is 16.9 Å². The largest absolute Gasteiger partial charge is 0.478 e. The lowest BCUT2D eigenvalue weighted by molar-refractivity contribution is 0.0697. The highest BCUT2D eigenvalue weighted by Gasteiger charge is 2.43. The molecule has 4 heteroatoms. The lowest BCUT2D eigenvalue weighted by Crippen LogP contribution is -2.13. The molecule has 1 N–H and O–H groups in total. The van der Waals surface area contributed by atoms with Gasteiger partial charge in [0.1, 0.15) is 11.3 Å². The predicted octanol–water partition coefficient (Wildman–Crippen LogP) is 5.41. The van der Waals surface area contributed by atoms with Crippen LogP contribution < -0.4 is 5.43 Å². The van der Waals surface area contributed by atoms with E-state index in [0.29, 0.717) is 23.3 Å². The monoisotopic (exact) mass is 376 g/mol. The second kappa shape index (κ2) is 7.27. The molecule has 1 aliphatic rings. The van der Waals surface area contributed by atoms with Crippen molar-refractivity contribution in [2.75, 3.05) is 0 Å². The van der Waals surface area contributed by atoms with Crippen LogP contribution in [0.2, 0.25) is 0 Å². The number of hydrogen-bond acceptors (Lipinski definition) is 3. The normalized spacial score (nSPS) is 18.4. The summed E-state index contributed by atoms with van der Waals surface area (Å²) in [6, 6.07) is 13.0. The van der Waals surface area contributed by atoms with Gasteiger partial charge in [-0.15, -0.1) is 0 Å². The van der Waals surface area contributed by atoms with Crippen LogP contribution in [0.1, 0.15) is 70.8 Å². The van der Waals surface area contributed by atoms with E-state index in [1.54, 1.807) is 6.07 Å². The maximum absolute atomic E-state index is 13.2. The average molecular weight is 376 g/mol. The van der Waals surface area contributed by atoms with Crippen LogP contribution in [0.25, 0.3) is 11.0 Å². The zero-order valence-corrected chi connectivity index (χ0v) is 16.2. The molecular weight excluding hydrogens is 352 g/mol. The van der Waals surface area contributed by atoms with Crippen molar-refractivity contribution in [2.24, 2.45) is 0 Å². The molecule has 4 rings (SSSR count). The van der Waals surface area contributed by atoms with Gasteiger partial charge in [-0.1, -0.05) is 43.2 Å². The van der Waals surface area contributed by atoms with Gasteiger partial charge in [-0.2, -0.15) is 0 Å². The molecule has 0 bridgehead atoms. The molecular formula is C24H24O4. The summed E-state index contributed by atoms with van der Waals surface area (Å²) in [7, 11) is 0. The van der Waals surface area contributed by atoms with Crippen LogP contribution in [0.3, 0.4) is 0 Å². The molecule has 3 aromatic rings. The lowest BCUT2D eigenvalue weighted by Gasteiger charge is -2.11. The van der Waals surface area contributed by atoms with Crippen molar-refractivity contribution in [1.29, 1.82) is 0 Å². The van der Waals surface area contributed by atoms with Gasteiger partial charge in [0, 0.05) is 11.5 Å². The number of unbranched alkanes of at least 4 members (excludes halogenated alkanes) is 1.